The fourth-order valence-electron chi connectivity index (χ4n) is 6.57. The summed E-state index contributed by atoms with van der Waals surface area (Å²) in [5.74, 6) is 2.45. The smallest absolute Gasteiger partial charge is 0.121 e. The van der Waals surface area contributed by atoms with Gasteiger partial charge >= 0.3 is 0 Å². The number of hydrogen-bond donors (Lipinski definition) is 0. The first-order chi connectivity index (χ1) is 21.4. The Morgan fingerprint density at radius 3 is 0.909 bits per heavy atom. The molecule has 0 heterocycles. The minimum atomic E-state index is -0.0451. The molecule has 258 valence electrons. The van der Waals surface area contributed by atoms with Crippen LogP contribution in [0.3, 0.4) is 0 Å². The van der Waals surface area contributed by atoms with E-state index in [1.807, 2.05) is 23.5 Å². The van der Waals surface area contributed by atoms with Crippen molar-refractivity contribution in [3.8, 4) is 0 Å². The van der Waals surface area contributed by atoms with Crippen molar-refractivity contribution in [2.45, 2.75) is 229 Å². The van der Waals surface area contributed by atoms with E-state index in [1.54, 1.807) is 0 Å². The van der Waals surface area contributed by atoms with Gasteiger partial charge in [0.05, 0.1) is 12.1 Å². The first-order valence-electron chi connectivity index (χ1n) is 19.5. The number of nitrogens with zero attached hydrogens (tertiary/aromatic N) is 4. The van der Waals surface area contributed by atoms with Crippen LogP contribution in [-0.4, -0.2) is 33.3 Å². The van der Waals surface area contributed by atoms with Gasteiger partial charge in [0.25, 0.3) is 0 Å². The molecular weight excluding hydrogens is 577 g/mol. The minimum absolute atomic E-state index is 0.0451. The van der Waals surface area contributed by atoms with Crippen molar-refractivity contribution in [1.29, 1.82) is 0 Å². The molecule has 0 aromatic carbocycles. The molecule has 0 aromatic heterocycles. The third-order valence-electron chi connectivity index (χ3n) is 9.52. The third-order valence-corrected chi connectivity index (χ3v) is 12.1. The average molecular weight is 651 g/mol. The molecule has 44 heavy (non-hydrogen) atoms. The molecular formula is C38H74N4S2. The highest BCUT2D eigenvalue weighted by Crippen LogP contribution is 2.31. The van der Waals surface area contributed by atoms with Gasteiger partial charge in [0.2, 0.25) is 0 Å². The molecule has 2 saturated carbocycles. The summed E-state index contributed by atoms with van der Waals surface area (Å²) in [4.78, 5) is -0.0902. The molecule has 2 aliphatic rings. The fourth-order valence-corrected chi connectivity index (χ4v) is 8.47. The molecule has 0 aliphatic heterocycles. The van der Waals surface area contributed by atoms with E-state index < -0.39 is 0 Å². The summed E-state index contributed by atoms with van der Waals surface area (Å²) in [6.45, 7) is 8.95. The second kappa shape index (κ2) is 25.9. The van der Waals surface area contributed by atoms with Gasteiger partial charge in [0.15, 0.2) is 0 Å². The molecule has 2 aliphatic carbocycles. The number of rotatable bonds is 27. The summed E-state index contributed by atoms with van der Waals surface area (Å²) in [6.07, 6.45) is 38.8. The molecule has 0 unspecified atom stereocenters. The quantitative estimate of drug-likeness (QED) is 0.0656. The summed E-state index contributed by atoms with van der Waals surface area (Å²) in [6, 6.07) is 1.00. The SMILES string of the molecule is CC(C)(/N=N/C1CCCCC1)SCCCCCCCCCCCCCCCCCCCCSC(C)(C)/N=N/C1CCCCC1. The van der Waals surface area contributed by atoms with Gasteiger partial charge in [-0.1, -0.05) is 141 Å². The van der Waals surface area contributed by atoms with Crippen molar-refractivity contribution in [3.05, 3.63) is 0 Å². The van der Waals surface area contributed by atoms with E-state index in [0.29, 0.717) is 12.1 Å². The van der Waals surface area contributed by atoms with Gasteiger partial charge in [-0.15, -0.1) is 23.5 Å². The van der Waals surface area contributed by atoms with E-state index >= 15 is 0 Å². The lowest BCUT2D eigenvalue weighted by Crippen LogP contribution is -2.14. The van der Waals surface area contributed by atoms with E-state index in [0.717, 1.165) is 0 Å². The number of unbranched alkanes of at least 4 members (excludes halogenated alkanes) is 17. The lowest BCUT2D eigenvalue weighted by Gasteiger charge is -2.21. The topological polar surface area (TPSA) is 49.4 Å². The molecule has 2 fully saturated rings. The maximum absolute atomic E-state index is 4.70. The van der Waals surface area contributed by atoms with Crippen LogP contribution < -0.4 is 0 Å². The summed E-state index contributed by atoms with van der Waals surface area (Å²) in [5.41, 5.74) is 0. The van der Waals surface area contributed by atoms with Crippen molar-refractivity contribution in [2.24, 2.45) is 20.5 Å². The number of thioether (sulfide) groups is 2. The molecule has 0 atom stereocenters. The number of azo groups is 2. The van der Waals surface area contributed by atoms with Gasteiger partial charge in [0, 0.05) is 0 Å². The van der Waals surface area contributed by atoms with Crippen LogP contribution in [0.4, 0.5) is 0 Å². The highest BCUT2D eigenvalue weighted by Gasteiger charge is 2.20. The largest absolute Gasteiger partial charge is 0.189 e. The van der Waals surface area contributed by atoms with Crippen molar-refractivity contribution < 1.29 is 0 Å². The van der Waals surface area contributed by atoms with Crippen LogP contribution >= 0.6 is 23.5 Å². The van der Waals surface area contributed by atoms with E-state index in [-0.39, 0.29) is 9.74 Å². The summed E-state index contributed by atoms with van der Waals surface area (Å²) >= 11 is 3.99. The van der Waals surface area contributed by atoms with Crippen LogP contribution in [0.2, 0.25) is 0 Å². The van der Waals surface area contributed by atoms with Crippen molar-refractivity contribution >= 4 is 23.5 Å². The van der Waals surface area contributed by atoms with Crippen LogP contribution in [0, 0.1) is 0 Å². The van der Waals surface area contributed by atoms with Crippen molar-refractivity contribution in [2.75, 3.05) is 11.5 Å². The average Bonchev–Trinajstić information content (AvgIpc) is 3.02. The van der Waals surface area contributed by atoms with Crippen molar-refractivity contribution in [3.63, 3.8) is 0 Å². The molecule has 0 spiro atoms. The monoisotopic (exact) mass is 651 g/mol. The van der Waals surface area contributed by atoms with Gasteiger partial charge in [-0.2, -0.15) is 20.5 Å². The third kappa shape index (κ3) is 23.3. The molecule has 0 bridgehead atoms. The van der Waals surface area contributed by atoms with E-state index in [4.69, 9.17) is 10.2 Å². The van der Waals surface area contributed by atoms with Crippen molar-refractivity contribution in [1.82, 2.24) is 0 Å². The zero-order valence-electron chi connectivity index (χ0n) is 30.0. The van der Waals surface area contributed by atoms with Gasteiger partial charge in [-0.3, -0.25) is 0 Å². The van der Waals surface area contributed by atoms with E-state index in [2.05, 4.69) is 37.9 Å². The van der Waals surface area contributed by atoms with Gasteiger partial charge in [-0.05, 0) is 77.7 Å². The Bertz CT molecular complexity index is 652. The Morgan fingerprint density at radius 2 is 0.636 bits per heavy atom. The fraction of sp³-hybridized carbons (Fsp3) is 1.00. The van der Waals surface area contributed by atoms with E-state index in [9.17, 15) is 0 Å². The zero-order chi connectivity index (χ0) is 31.6. The summed E-state index contributed by atoms with van der Waals surface area (Å²) in [5, 5.41) is 18.8. The predicted molar refractivity (Wildman–Crippen MR) is 200 cm³/mol. The van der Waals surface area contributed by atoms with Crippen LogP contribution in [0.1, 0.15) is 207 Å². The van der Waals surface area contributed by atoms with Crippen LogP contribution in [-0.2, 0) is 0 Å². The first-order valence-corrected chi connectivity index (χ1v) is 21.5. The highest BCUT2D eigenvalue weighted by atomic mass is 32.2. The zero-order valence-corrected chi connectivity index (χ0v) is 31.6. The van der Waals surface area contributed by atoms with Gasteiger partial charge in [-0.25, -0.2) is 0 Å². The standard InChI is InChI=1S/C38H74N4S2/c1-37(2,41-39-35-29-23-21-24-30-35)43-33-27-19-17-15-13-11-9-7-5-6-8-10-12-14-16-18-20-28-34-44-38(3,4)42-40-36-31-25-22-26-32-36/h35-36H,5-34H2,1-4H3/b41-39+,42-40+. The summed E-state index contributed by atoms with van der Waals surface area (Å²) in [7, 11) is 0. The molecule has 6 heteroatoms. The van der Waals surface area contributed by atoms with Crippen LogP contribution in [0.5, 0.6) is 0 Å². The molecule has 0 saturated heterocycles. The lowest BCUT2D eigenvalue weighted by atomic mass is 9.96. The Labute approximate surface area is 283 Å². The Balaban J connectivity index is 1.24. The molecule has 2 rings (SSSR count). The van der Waals surface area contributed by atoms with Gasteiger partial charge < -0.3 is 0 Å². The molecule has 4 nitrogen and oxygen atoms in total. The second-order valence-corrected chi connectivity index (χ2v) is 18.4. The maximum atomic E-state index is 4.70. The molecule has 0 amide bonds. The normalized spacial score (nSPS) is 17.8. The van der Waals surface area contributed by atoms with Gasteiger partial charge in [0.1, 0.15) is 9.74 Å². The Kier molecular flexibility index (Phi) is 23.6. The van der Waals surface area contributed by atoms with Crippen LogP contribution in [0.15, 0.2) is 20.5 Å². The second-order valence-electron chi connectivity index (χ2n) is 15.0. The highest BCUT2D eigenvalue weighted by molar-refractivity contribution is 8.00. The molecule has 0 N–H and O–H groups in total. The first kappa shape index (κ1) is 40.1. The number of hydrogen-bond acceptors (Lipinski definition) is 6. The lowest BCUT2D eigenvalue weighted by molar-refractivity contribution is 0.421. The maximum Gasteiger partial charge on any atom is 0.121 e. The summed E-state index contributed by atoms with van der Waals surface area (Å²) < 4.78 is 0. The van der Waals surface area contributed by atoms with Crippen LogP contribution in [0.25, 0.3) is 0 Å². The predicted octanol–water partition coefficient (Wildman–Crippen LogP) is 14.5. The molecule has 0 aromatic rings. The minimum Gasteiger partial charge on any atom is -0.189 e. The van der Waals surface area contributed by atoms with E-state index in [1.165, 1.54) is 191 Å². The molecule has 0 radical (unpaired) electrons. The Morgan fingerprint density at radius 1 is 0.386 bits per heavy atom. The Hall–Kier alpha value is -0.100.